The van der Waals surface area contributed by atoms with Gasteiger partial charge in [-0.3, -0.25) is 9.69 Å². The van der Waals surface area contributed by atoms with Gasteiger partial charge in [0.1, 0.15) is 29.6 Å². The summed E-state index contributed by atoms with van der Waals surface area (Å²) < 4.78 is 12.4. The molecule has 5 rings (SSSR count). The first-order valence-corrected chi connectivity index (χ1v) is 13.2. The number of hydrogen-bond acceptors (Lipinski definition) is 5. The lowest BCUT2D eigenvalue weighted by atomic mass is 9.98. The van der Waals surface area contributed by atoms with Crippen molar-refractivity contribution in [1.29, 1.82) is 0 Å². The number of rotatable bonds is 8. The number of nitrogens with zero attached hydrogens (tertiary/aromatic N) is 2. The van der Waals surface area contributed by atoms with Gasteiger partial charge in [0.05, 0.1) is 0 Å². The van der Waals surface area contributed by atoms with E-state index in [4.69, 9.17) is 9.47 Å². The van der Waals surface area contributed by atoms with E-state index in [1.54, 1.807) is 31.1 Å². The molecule has 1 heterocycles. The summed E-state index contributed by atoms with van der Waals surface area (Å²) in [6.07, 6.45) is 3.89. The van der Waals surface area contributed by atoms with Crippen LogP contribution in [-0.4, -0.2) is 61.2 Å². The lowest BCUT2D eigenvalue weighted by Gasteiger charge is -2.26. The quantitative estimate of drug-likeness (QED) is 0.290. The molecule has 0 unspecified atom stereocenters. The molecular weight excluding hydrogens is 476 g/mol. The van der Waals surface area contributed by atoms with Crippen molar-refractivity contribution in [3.05, 3.63) is 84.4 Å². The van der Waals surface area contributed by atoms with Crippen LogP contribution < -0.4 is 9.47 Å². The third kappa shape index (κ3) is 5.92. The van der Waals surface area contributed by atoms with Crippen molar-refractivity contribution in [1.82, 2.24) is 9.80 Å². The van der Waals surface area contributed by atoms with Gasteiger partial charge in [0.25, 0.3) is 5.91 Å². The minimum absolute atomic E-state index is 0.0414. The first kappa shape index (κ1) is 25.6. The van der Waals surface area contributed by atoms with Crippen LogP contribution in [0.15, 0.2) is 78.9 Å². The van der Waals surface area contributed by atoms with E-state index in [0.29, 0.717) is 23.7 Å². The molecule has 0 saturated carbocycles. The Kier molecular flexibility index (Phi) is 7.80. The molecule has 0 aromatic heterocycles. The molecule has 1 saturated heterocycles. The maximum atomic E-state index is 12.3. The summed E-state index contributed by atoms with van der Waals surface area (Å²) in [4.78, 5) is 16.4. The summed E-state index contributed by atoms with van der Waals surface area (Å²) in [6, 6.07) is 24.4. The molecule has 4 aromatic rings. The monoisotopic (exact) mass is 510 g/mol. The minimum atomic E-state index is -0.0414. The highest BCUT2D eigenvalue weighted by Gasteiger charge is 2.15. The van der Waals surface area contributed by atoms with Crippen LogP contribution in [-0.2, 0) is 0 Å². The summed E-state index contributed by atoms with van der Waals surface area (Å²) >= 11 is 0. The molecule has 6 nitrogen and oxygen atoms in total. The standard InChI is InChI=1S/C32H34N2O4/c1-33(2)32(36)24-8-6-23(7-9-24)29-16-10-25-22-26(35)11-17-30(25)31(29)38-28-14-12-27(13-15-28)37-21-20-34-18-4-3-5-19-34/h6-17,22,35H,3-5,18-21H2,1-2H3. The summed E-state index contributed by atoms with van der Waals surface area (Å²) in [7, 11) is 3.48. The number of amides is 1. The normalized spacial score (nSPS) is 13.8. The molecule has 1 amide bonds. The van der Waals surface area contributed by atoms with Crippen LogP contribution in [0.25, 0.3) is 21.9 Å². The number of carbonyl (C=O) groups excluding carboxylic acids is 1. The molecule has 0 aliphatic carbocycles. The number of fused-ring (bicyclic) bond motifs is 1. The Bertz CT molecular complexity index is 1390. The number of ether oxygens (including phenoxy) is 2. The van der Waals surface area contributed by atoms with Gasteiger partial charge in [-0.25, -0.2) is 0 Å². The third-order valence-electron chi connectivity index (χ3n) is 6.97. The summed E-state index contributed by atoms with van der Waals surface area (Å²) in [5.41, 5.74) is 2.46. The Hall–Kier alpha value is -4.03. The predicted molar refractivity (Wildman–Crippen MR) is 151 cm³/mol. The van der Waals surface area contributed by atoms with Crippen LogP contribution in [0.3, 0.4) is 0 Å². The molecule has 196 valence electrons. The van der Waals surface area contributed by atoms with Crippen molar-refractivity contribution in [2.45, 2.75) is 19.3 Å². The largest absolute Gasteiger partial charge is 0.508 e. The lowest BCUT2D eigenvalue weighted by Crippen LogP contribution is -2.33. The zero-order valence-electron chi connectivity index (χ0n) is 22.0. The summed E-state index contributed by atoms with van der Waals surface area (Å²) in [5, 5.41) is 11.8. The highest BCUT2D eigenvalue weighted by molar-refractivity contribution is 5.97. The van der Waals surface area contributed by atoms with Gasteiger partial charge in [0.15, 0.2) is 0 Å². The Morgan fingerprint density at radius 3 is 2.29 bits per heavy atom. The predicted octanol–water partition coefficient (Wildman–Crippen LogP) is 6.57. The number of piperidine rings is 1. The van der Waals surface area contributed by atoms with Gasteiger partial charge in [-0.15, -0.1) is 0 Å². The second-order valence-corrected chi connectivity index (χ2v) is 9.95. The van der Waals surface area contributed by atoms with Crippen molar-refractivity contribution in [3.63, 3.8) is 0 Å². The van der Waals surface area contributed by atoms with Crippen LogP contribution in [0.4, 0.5) is 0 Å². The highest BCUT2D eigenvalue weighted by Crippen LogP contribution is 2.41. The number of phenols is 1. The Labute approximate surface area is 224 Å². The molecule has 1 N–H and O–H groups in total. The minimum Gasteiger partial charge on any atom is -0.508 e. The molecular formula is C32H34N2O4. The maximum absolute atomic E-state index is 12.3. The van der Waals surface area contributed by atoms with E-state index in [0.717, 1.165) is 47.3 Å². The summed E-state index contributed by atoms with van der Waals surface area (Å²) in [6.45, 7) is 3.94. The molecule has 0 bridgehead atoms. The van der Waals surface area contributed by atoms with Crippen molar-refractivity contribution < 1.29 is 19.4 Å². The van der Waals surface area contributed by atoms with Crippen LogP contribution in [0, 0.1) is 0 Å². The smallest absolute Gasteiger partial charge is 0.253 e. The molecule has 1 fully saturated rings. The first-order chi connectivity index (χ1) is 18.5. The van der Waals surface area contributed by atoms with E-state index >= 15 is 0 Å². The van der Waals surface area contributed by atoms with E-state index in [2.05, 4.69) is 4.90 Å². The molecule has 0 atom stereocenters. The zero-order chi connectivity index (χ0) is 26.5. The van der Waals surface area contributed by atoms with E-state index in [1.807, 2.05) is 66.7 Å². The molecule has 4 aromatic carbocycles. The van der Waals surface area contributed by atoms with E-state index < -0.39 is 0 Å². The average molecular weight is 511 g/mol. The Morgan fingerprint density at radius 1 is 0.868 bits per heavy atom. The third-order valence-corrected chi connectivity index (χ3v) is 6.97. The van der Waals surface area contributed by atoms with Crippen LogP contribution in [0.5, 0.6) is 23.0 Å². The number of likely N-dealkylation sites (tertiary alicyclic amines) is 1. The van der Waals surface area contributed by atoms with Gasteiger partial charge in [-0.05, 0) is 97.5 Å². The second kappa shape index (κ2) is 11.6. The fraction of sp³-hybridized carbons (Fsp3) is 0.281. The number of benzene rings is 4. The van der Waals surface area contributed by atoms with Crippen LogP contribution >= 0.6 is 0 Å². The maximum Gasteiger partial charge on any atom is 0.253 e. The van der Waals surface area contributed by atoms with Crippen molar-refractivity contribution in [3.8, 4) is 34.1 Å². The Balaban J connectivity index is 1.38. The van der Waals surface area contributed by atoms with Gasteiger partial charge in [0, 0.05) is 37.2 Å². The topological polar surface area (TPSA) is 62.2 Å². The van der Waals surface area contributed by atoms with Crippen molar-refractivity contribution in [2.75, 3.05) is 40.3 Å². The average Bonchev–Trinajstić information content (AvgIpc) is 2.94. The van der Waals surface area contributed by atoms with Gasteiger partial charge in [-0.1, -0.05) is 24.6 Å². The lowest BCUT2D eigenvalue weighted by molar-refractivity contribution is 0.0827. The number of phenolic OH excluding ortho intramolecular Hbond substituents is 1. The zero-order valence-corrected chi connectivity index (χ0v) is 22.0. The van der Waals surface area contributed by atoms with Crippen LogP contribution in [0.2, 0.25) is 0 Å². The van der Waals surface area contributed by atoms with Crippen molar-refractivity contribution >= 4 is 16.7 Å². The number of hydrogen-bond donors (Lipinski definition) is 1. The molecule has 38 heavy (non-hydrogen) atoms. The molecule has 0 spiro atoms. The van der Waals surface area contributed by atoms with Gasteiger partial charge >= 0.3 is 0 Å². The number of carbonyl (C=O) groups is 1. The molecule has 1 aliphatic rings. The van der Waals surface area contributed by atoms with E-state index in [1.165, 1.54) is 19.3 Å². The second-order valence-electron chi connectivity index (χ2n) is 9.95. The molecule has 0 radical (unpaired) electrons. The summed E-state index contributed by atoms with van der Waals surface area (Å²) in [5.74, 6) is 2.36. The van der Waals surface area contributed by atoms with E-state index in [-0.39, 0.29) is 11.7 Å². The van der Waals surface area contributed by atoms with Crippen LogP contribution in [0.1, 0.15) is 29.6 Å². The highest BCUT2D eigenvalue weighted by atomic mass is 16.5. The Morgan fingerprint density at radius 2 is 1.58 bits per heavy atom. The molecule has 1 aliphatic heterocycles. The first-order valence-electron chi connectivity index (χ1n) is 13.2. The van der Waals surface area contributed by atoms with Gasteiger partial charge in [0.2, 0.25) is 0 Å². The SMILES string of the molecule is CN(C)C(=O)c1ccc(-c2ccc3cc(O)ccc3c2Oc2ccc(OCCN3CCCCC3)cc2)cc1. The fourth-order valence-electron chi connectivity index (χ4n) is 4.87. The van der Waals surface area contributed by atoms with E-state index in [9.17, 15) is 9.90 Å². The van der Waals surface area contributed by atoms with Gasteiger partial charge in [-0.2, -0.15) is 0 Å². The molecule has 6 heteroatoms. The number of aromatic hydroxyl groups is 1. The van der Waals surface area contributed by atoms with Crippen molar-refractivity contribution in [2.24, 2.45) is 0 Å². The fourth-order valence-corrected chi connectivity index (χ4v) is 4.87. The van der Waals surface area contributed by atoms with Gasteiger partial charge < -0.3 is 19.5 Å².